The second-order valence-electron chi connectivity index (χ2n) is 4.67. The van der Waals surface area contributed by atoms with E-state index in [2.05, 4.69) is 16.0 Å². The van der Waals surface area contributed by atoms with Gasteiger partial charge >= 0.3 is 0 Å². The lowest BCUT2D eigenvalue weighted by Crippen LogP contribution is -2.36. The van der Waals surface area contributed by atoms with Gasteiger partial charge in [-0.25, -0.2) is 0 Å². The Kier molecular flexibility index (Phi) is 6.56. The van der Waals surface area contributed by atoms with E-state index >= 15 is 0 Å². The Morgan fingerprint density at radius 3 is 2.65 bits per heavy atom. The number of hydrogen-bond acceptors (Lipinski definition) is 3. The van der Waals surface area contributed by atoms with Crippen LogP contribution in [-0.4, -0.2) is 30.9 Å². The summed E-state index contributed by atoms with van der Waals surface area (Å²) in [6.07, 6.45) is 0.901. The van der Waals surface area contributed by atoms with Crippen molar-refractivity contribution in [2.75, 3.05) is 18.4 Å². The van der Waals surface area contributed by atoms with Crippen LogP contribution in [0.25, 0.3) is 0 Å². The van der Waals surface area contributed by atoms with E-state index in [0.29, 0.717) is 12.1 Å². The Bertz CT molecular complexity index is 460. The Morgan fingerprint density at radius 2 is 2.00 bits per heavy atom. The molecule has 1 unspecified atom stereocenters. The van der Waals surface area contributed by atoms with Crippen molar-refractivity contribution in [1.82, 2.24) is 10.6 Å². The smallest absolute Gasteiger partial charge is 0.251 e. The molecular weight excluding hydrogens is 254 g/mol. The molecule has 0 heterocycles. The van der Waals surface area contributed by atoms with Gasteiger partial charge in [-0.3, -0.25) is 9.59 Å². The van der Waals surface area contributed by atoms with Crippen molar-refractivity contribution in [3.8, 4) is 0 Å². The maximum absolute atomic E-state index is 11.7. The van der Waals surface area contributed by atoms with Crippen molar-refractivity contribution in [3.63, 3.8) is 0 Å². The predicted molar refractivity (Wildman–Crippen MR) is 80.8 cm³/mol. The van der Waals surface area contributed by atoms with Gasteiger partial charge in [0.05, 0.1) is 6.54 Å². The number of carbonyl (C=O) groups excluding carboxylic acids is 2. The summed E-state index contributed by atoms with van der Waals surface area (Å²) in [7, 11) is 0. The van der Waals surface area contributed by atoms with E-state index in [1.54, 1.807) is 18.2 Å². The van der Waals surface area contributed by atoms with Crippen LogP contribution in [0.5, 0.6) is 0 Å². The molecule has 5 heteroatoms. The summed E-state index contributed by atoms with van der Waals surface area (Å²) in [6, 6.07) is 7.28. The number of amides is 2. The highest BCUT2D eigenvalue weighted by atomic mass is 16.2. The molecule has 1 atom stereocenters. The maximum atomic E-state index is 11.7. The van der Waals surface area contributed by atoms with Crippen LogP contribution in [0, 0.1) is 0 Å². The van der Waals surface area contributed by atoms with Gasteiger partial charge in [-0.2, -0.15) is 0 Å². The number of anilines is 1. The van der Waals surface area contributed by atoms with Gasteiger partial charge in [-0.05, 0) is 38.5 Å². The minimum Gasteiger partial charge on any atom is -0.376 e. The largest absolute Gasteiger partial charge is 0.376 e. The standard InChI is InChI=1S/C15H23N3O2/c1-4-11(3)18-14(19)10-17-13-8-6-7-12(9-13)15(20)16-5-2/h6-9,11,17H,4-5,10H2,1-3H3,(H,16,20)(H,18,19). The third-order valence-electron chi connectivity index (χ3n) is 2.93. The zero-order valence-electron chi connectivity index (χ0n) is 12.3. The first-order valence-electron chi connectivity index (χ1n) is 6.98. The van der Waals surface area contributed by atoms with E-state index in [1.807, 2.05) is 26.8 Å². The van der Waals surface area contributed by atoms with Crippen LogP contribution in [0.15, 0.2) is 24.3 Å². The molecule has 0 spiro atoms. The van der Waals surface area contributed by atoms with Crippen molar-refractivity contribution in [2.45, 2.75) is 33.2 Å². The van der Waals surface area contributed by atoms with Gasteiger partial charge in [0.25, 0.3) is 5.91 Å². The first-order chi connectivity index (χ1) is 9.56. The molecule has 1 rings (SSSR count). The average molecular weight is 277 g/mol. The Labute approximate surface area is 120 Å². The Morgan fingerprint density at radius 1 is 1.25 bits per heavy atom. The molecule has 0 bridgehead atoms. The second kappa shape index (κ2) is 8.19. The van der Waals surface area contributed by atoms with Crippen molar-refractivity contribution in [3.05, 3.63) is 29.8 Å². The van der Waals surface area contributed by atoms with Crippen molar-refractivity contribution >= 4 is 17.5 Å². The van der Waals surface area contributed by atoms with Gasteiger partial charge < -0.3 is 16.0 Å². The number of benzene rings is 1. The van der Waals surface area contributed by atoms with Gasteiger partial charge in [-0.15, -0.1) is 0 Å². The van der Waals surface area contributed by atoms with Gasteiger partial charge in [0.2, 0.25) is 5.91 Å². The van der Waals surface area contributed by atoms with Gasteiger partial charge in [0.1, 0.15) is 0 Å². The summed E-state index contributed by atoms with van der Waals surface area (Å²) in [5, 5.41) is 8.64. The molecule has 110 valence electrons. The molecular formula is C15H23N3O2. The molecule has 0 aliphatic heterocycles. The van der Waals surface area contributed by atoms with E-state index in [0.717, 1.165) is 12.1 Å². The van der Waals surface area contributed by atoms with Crippen LogP contribution < -0.4 is 16.0 Å². The third-order valence-corrected chi connectivity index (χ3v) is 2.93. The van der Waals surface area contributed by atoms with Crippen molar-refractivity contribution in [1.29, 1.82) is 0 Å². The molecule has 5 nitrogen and oxygen atoms in total. The molecule has 3 N–H and O–H groups in total. The zero-order valence-corrected chi connectivity index (χ0v) is 12.3. The first-order valence-corrected chi connectivity index (χ1v) is 6.98. The second-order valence-corrected chi connectivity index (χ2v) is 4.67. The fourth-order valence-corrected chi connectivity index (χ4v) is 1.64. The number of nitrogens with one attached hydrogen (secondary N) is 3. The number of rotatable bonds is 7. The minimum absolute atomic E-state index is 0.0530. The fraction of sp³-hybridized carbons (Fsp3) is 0.467. The quantitative estimate of drug-likeness (QED) is 0.711. The number of hydrogen-bond donors (Lipinski definition) is 3. The highest BCUT2D eigenvalue weighted by molar-refractivity contribution is 5.95. The normalized spacial score (nSPS) is 11.6. The van der Waals surface area contributed by atoms with Crippen molar-refractivity contribution < 1.29 is 9.59 Å². The monoisotopic (exact) mass is 277 g/mol. The molecule has 0 saturated heterocycles. The highest BCUT2D eigenvalue weighted by Gasteiger charge is 2.07. The molecule has 20 heavy (non-hydrogen) atoms. The summed E-state index contributed by atoms with van der Waals surface area (Å²) < 4.78 is 0. The molecule has 0 aliphatic carbocycles. The molecule has 0 saturated carbocycles. The summed E-state index contributed by atoms with van der Waals surface area (Å²) in [6.45, 7) is 6.65. The van der Waals surface area contributed by atoms with Crippen LogP contribution in [-0.2, 0) is 4.79 Å². The maximum Gasteiger partial charge on any atom is 0.251 e. The lowest BCUT2D eigenvalue weighted by Gasteiger charge is -2.12. The van der Waals surface area contributed by atoms with Crippen LogP contribution in [0.4, 0.5) is 5.69 Å². The Balaban J connectivity index is 2.54. The van der Waals surface area contributed by atoms with E-state index in [-0.39, 0.29) is 24.4 Å². The van der Waals surface area contributed by atoms with Crippen molar-refractivity contribution in [2.24, 2.45) is 0 Å². The van der Waals surface area contributed by atoms with E-state index in [1.165, 1.54) is 0 Å². The van der Waals surface area contributed by atoms with E-state index in [9.17, 15) is 9.59 Å². The van der Waals surface area contributed by atoms with E-state index < -0.39 is 0 Å². The lowest BCUT2D eigenvalue weighted by atomic mass is 10.2. The van der Waals surface area contributed by atoms with Crippen LogP contribution in [0.1, 0.15) is 37.6 Å². The molecule has 0 fully saturated rings. The summed E-state index contributed by atoms with van der Waals surface area (Å²) in [5.41, 5.74) is 1.34. The average Bonchev–Trinajstić information content (AvgIpc) is 2.45. The fourth-order valence-electron chi connectivity index (χ4n) is 1.64. The van der Waals surface area contributed by atoms with Gasteiger partial charge in [0.15, 0.2) is 0 Å². The van der Waals surface area contributed by atoms with Crippen LogP contribution in [0.3, 0.4) is 0 Å². The predicted octanol–water partition coefficient (Wildman–Crippen LogP) is 1.76. The lowest BCUT2D eigenvalue weighted by molar-refractivity contribution is -0.120. The summed E-state index contributed by atoms with van der Waals surface area (Å²) in [5.74, 6) is -0.164. The third kappa shape index (κ3) is 5.30. The van der Waals surface area contributed by atoms with Gasteiger partial charge in [-0.1, -0.05) is 13.0 Å². The molecule has 0 aliphatic rings. The molecule has 1 aromatic rings. The first kappa shape index (κ1) is 16.0. The molecule has 0 aromatic heterocycles. The Hall–Kier alpha value is -2.04. The zero-order chi connectivity index (χ0) is 15.0. The molecule has 1 aromatic carbocycles. The summed E-state index contributed by atoms with van der Waals surface area (Å²) >= 11 is 0. The van der Waals surface area contributed by atoms with Crippen LogP contribution >= 0.6 is 0 Å². The van der Waals surface area contributed by atoms with Gasteiger partial charge in [0, 0.05) is 23.8 Å². The highest BCUT2D eigenvalue weighted by Crippen LogP contribution is 2.10. The molecule has 2 amide bonds. The molecule has 0 radical (unpaired) electrons. The summed E-state index contributed by atoms with van der Waals surface area (Å²) in [4.78, 5) is 23.4. The number of carbonyl (C=O) groups is 2. The van der Waals surface area contributed by atoms with Crippen LogP contribution in [0.2, 0.25) is 0 Å². The topological polar surface area (TPSA) is 70.2 Å². The SMILES string of the molecule is CCNC(=O)c1cccc(NCC(=O)NC(C)CC)c1. The minimum atomic E-state index is -0.111. The van der Waals surface area contributed by atoms with E-state index in [4.69, 9.17) is 0 Å².